The summed E-state index contributed by atoms with van der Waals surface area (Å²) in [5, 5.41) is 6.73. The molecule has 3 N–H and O–H groups in total. The molecule has 0 aliphatic rings. The molecule has 0 saturated carbocycles. The van der Waals surface area contributed by atoms with Crippen LogP contribution < -0.4 is 11.1 Å². The number of nitrogens with one attached hydrogen (secondary N) is 1. The molecular formula is C12H14BrN5O. The zero-order valence-corrected chi connectivity index (χ0v) is 12.0. The van der Waals surface area contributed by atoms with Crippen LogP contribution in [0.3, 0.4) is 0 Å². The van der Waals surface area contributed by atoms with Gasteiger partial charge in [0, 0.05) is 10.9 Å². The summed E-state index contributed by atoms with van der Waals surface area (Å²) < 4.78 is 2.49. The van der Waals surface area contributed by atoms with Crippen LogP contribution in [0.4, 0.5) is 11.4 Å². The number of carbonyl (C=O) groups is 1. The van der Waals surface area contributed by atoms with Gasteiger partial charge in [0.1, 0.15) is 12.7 Å². The first-order valence-electron chi connectivity index (χ1n) is 5.74. The molecule has 1 aromatic heterocycles. The minimum atomic E-state index is -0.111. The largest absolute Gasteiger partial charge is 0.397 e. The molecule has 0 unspecified atom stereocenters. The van der Waals surface area contributed by atoms with Crippen molar-refractivity contribution < 1.29 is 4.79 Å². The molecule has 1 amide bonds. The van der Waals surface area contributed by atoms with Gasteiger partial charge in [-0.25, -0.2) is 4.98 Å². The van der Waals surface area contributed by atoms with Crippen LogP contribution in [0.2, 0.25) is 0 Å². The number of nitrogens with zero attached hydrogens (tertiary/aromatic N) is 3. The van der Waals surface area contributed by atoms with Crippen LogP contribution in [0.15, 0.2) is 29.3 Å². The van der Waals surface area contributed by atoms with E-state index >= 15 is 0 Å². The molecule has 1 aromatic carbocycles. The maximum Gasteiger partial charge on any atom is 0.226 e. The Morgan fingerprint density at radius 3 is 3.00 bits per heavy atom. The quantitative estimate of drug-likeness (QED) is 0.842. The van der Waals surface area contributed by atoms with Gasteiger partial charge in [-0.15, -0.1) is 0 Å². The number of benzene rings is 1. The van der Waals surface area contributed by atoms with Gasteiger partial charge in [0.15, 0.2) is 0 Å². The van der Waals surface area contributed by atoms with Crippen molar-refractivity contribution in [2.24, 2.45) is 0 Å². The molecule has 1 heterocycles. The van der Waals surface area contributed by atoms with Crippen molar-refractivity contribution >= 4 is 33.2 Å². The topological polar surface area (TPSA) is 85.8 Å². The van der Waals surface area contributed by atoms with E-state index in [2.05, 4.69) is 31.3 Å². The lowest BCUT2D eigenvalue weighted by Gasteiger charge is -2.11. The van der Waals surface area contributed by atoms with E-state index in [0.717, 1.165) is 10.0 Å². The third kappa shape index (κ3) is 3.54. The Kier molecular flexibility index (Phi) is 4.16. The Hall–Kier alpha value is -1.89. The van der Waals surface area contributed by atoms with E-state index in [-0.39, 0.29) is 5.91 Å². The fourth-order valence-corrected chi connectivity index (χ4v) is 2.21. The molecule has 19 heavy (non-hydrogen) atoms. The second-order valence-corrected chi connectivity index (χ2v) is 5.06. The fraction of sp³-hybridized carbons (Fsp3) is 0.250. The van der Waals surface area contributed by atoms with Gasteiger partial charge in [0.2, 0.25) is 5.91 Å². The predicted molar refractivity (Wildman–Crippen MR) is 76.6 cm³/mol. The molecule has 0 spiro atoms. The van der Waals surface area contributed by atoms with Crippen molar-refractivity contribution in [1.82, 2.24) is 14.8 Å². The smallest absolute Gasteiger partial charge is 0.226 e. The molecule has 2 aromatic rings. The normalized spacial score (nSPS) is 10.4. The number of aryl methyl sites for hydroxylation is 2. The number of halogens is 1. The summed E-state index contributed by atoms with van der Waals surface area (Å²) in [5.41, 5.74) is 8.05. The minimum absolute atomic E-state index is 0.111. The second kappa shape index (κ2) is 5.83. The highest BCUT2D eigenvalue weighted by Crippen LogP contribution is 2.27. The Morgan fingerprint density at radius 1 is 1.53 bits per heavy atom. The number of aromatic nitrogens is 3. The number of amides is 1. The summed E-state index contributed by atoms with van der Waals surface area (Å²) in [5.74, 6) is -0.111. The molecule has 0 bridgehead atoms. The van der Waals surface area contributed by atoms with E-state index in [1.54, 1.807) is 17.1 Å². The highest BCUT2D eigenvalue weighted by molar-refractivity contribution is 9.10. The van der Waals surface area contributed by atoms with Gasteiger partial charge < -0.3 is 11.1 Å². The standard InChI is InChI=1S/C12H14BrN5O/c1-8-4-9(13)5-10(12(8)14)17-11(19)2-3-18-7-15-6-16-18/h4-7H,2-3,14H2,1H3,(H,17,19). The van der Waals surface area contributed by atoms with Crippen molar-refractivity contribution in [2.75, 3.05) is 11.1 Å². The van der Waals surface area contributed by atoms with Gasteiger partial charge in [-0.3, -0.25) is 9.48 Å². The summed E-state index contributed by atoms with van der Waals surface area (Å²) in [7, 11) is 0. The van der Waals surface area contributed by atoms with E-state index < -0.39 is 0 Å². The maximum atomic E-state index is 11.8. The van der Waals surface area contributed by atoms with Crippen LogP contribution in [0.25, 0.3) is 0 Å². The number of nitrogen functional groups attached to an aromatic ring is 1. The number of carbonyl (C=O) groups excluding carboxylic acids is 1. The van der Waals surface area contributed by atoms with Crippen LogP contribution in [0.1, 0.15) is 12.0 Å². The molecule has 0 aliphatic heterocycles. The number of anilines is 2. The van der Waals surface area contributed by atoms with Crippen LogP contribution in [-0.4, -0.2) is 20.7 Å². The van der Waals surface area contributed by atoms with Crippen LogP contribution in [0.5, 0.6) is 0 Å². The van der Waals surface area contributed by atoms with E-state index in [1.807, 2.05) is 13.0 Å². The van der Waals surface area contributed by atoms with Crippen molar-refractivity contribution in [1.29, 1.82) is 0 Å². The van der Waals surface area contributed by atoms with Gasteiger partial charge in [0.25, 0.3) is 0 Å². The Labute approximate surface area is 119 Å². The van der Waals surface area contributed by atoms with Gasteiger partial charge >= 0.3 is 0 Å². The first-order valence-corrected chi connectivity index (χ1v) is 6.53. The third-order valence-electron chi connectivity index (χ3n) is 2.66. The van der Waals surface area contributed by atoms with Crippen molar-refractivity contribution in [3.05, 3.63) is 34.8 Å². The van der Waals surface area contributed by atoms with Crippen LogP contribution >= 0.6 is 15.9 Å². The van der Waals surface area contributed by atoms with Gasteiger partial charge in [-0.1, -0.05) is 15.9 Å². The molecule has 100 valence electrons. The Bertz CT molecular complexity index is 582. The number of rotatable bonds is 4. The Balaban J connectivity index is 1.99. The molecule has 7 heteroatoms. The van der Waals surface area contributed by atoms with Gasteiger partial charge in [-0.2, -0.15) is 5.10 Å². The van der Waals surface area contributed by atoms with E-state index in [9.17, 15) is 4.79 Å². The van der Waals surface area contributed by atoms with E-state index in [0.29, 0.717) is 24.3 Å². The summed E-state index contributed by atoms with van der Waals surface area (Å²) >= 11 is 3.38. The lowest BCUT2D eigenvalue weighted by molar-refractivity contribution is -0.116. The average Bonchev–Trinajstić information content (AvgIpc) is 2.86. The molecule has 2 rings (SSSR count). The van der Waals surface area contributed by atoms with Crippen molar-refractivity contribution in [2.45, 2.75) is 19.9 Å². The molecule has 0 fully saturated rings. The molecular weight excluding hydrogens is 310 g/mol. The van der Waals surface area contributed by atoms with Gasteiger partial charge in [0.05, 0.1) is 17.9 Å². The summed E-state index contributed by atoms with van der Waals surface area (Å²) in [4.78, 5) is 15.7. The molecule has 0 aliphatic carbocycles. The zero-order valence-electron chi connectivity index (χ0n) is 10.4. The van der Waals surface area contributed by atoms with Gasteiger partial charge in [-0.05, 0) is 24.6 Å². The number of hydrogen-bond acceptors (Lipinski definition) is 4. The third-order valence-corrected chi connectivity index (χ3v) is 3.12. The van der Waals surface area contributed by atoms with Crippen LogP contribution in [0, 0.1) is 6.92 Å². The lowest BCUT2D eigenvalue weighted by atomic mass is 10.1. The summed E-state index contributed by atoms with van der Waals surface area (Å²) in [6.07, 6.45) is 3.33. The molecule has 6 nitrogen and oxygen atoms in total. The number of nitrogens with two attached hydrogens (primary N) is 1. The Morgan fingerprint density at radius 2 is 2.32 bits per heavy atom. The molecule has 0 atom stereocenters. The van der Waals surface area contributed by atoms with E-state index in [4.69, 9.17) is 5.73 Å². The highest BCUT2D eigenvalue weighted by Gasteiger charge is 2.08. The SMILES string of the molecule is Cc1cc(Br)cc(NC(=O)CCn2cncn2)c1N. The number of hydrogen-bond donors (Lipinski definition) is 2. The minimum Gasteiger partial charge on any atom is -0.397 e. The zero-order chi connectivity index (χ0) is 13.8. The second-order valence-electron chi connectivity index (χ2n) is 4.14. The lowest BCUT2D eigenvalue weighted by Crippen LogP contribution is -2.16. The van der Waals surface area contributed by atoms with Crippen molar-refractivity contribution in [3.8, 4) is 0 Å². The van der Waals surface area contributed by atoms with Crippen molar-refractivity contribution in [3.63, 3.8) is 0 Å². The fourth-order valence-electron chi connectivity index (χ4n) is 1.63. The molecule has 0 saturated heterocycles. The van der Waals surface area contributed by atoms with Crippen LogP contribution in [-0.2, 0) is 11.3 Å². The summed E-state index contributed by atoms with van der Waals surface area (Å²) in [6, 6.07) is 3.69. The average molecular weight is 324 g/mol. The monoisotopic (exact) mass is 323 g/mol. The van der Waals surface area contributed by atoms with E-state index in [1.165, 1.54) is 6.33 Å². The first-order chi connectivity index (χ1) is 9.06. The highest BCUT2D eigenvalue weighted by atomic mass is 79.9. The molecule has 0 radical (unpaired) electrons. The summed E-state index contributed by atoms with van der Waals surface area (Å²) in [6.45, 7) is 2.38. The predicted octanol–water partition coefficient (Wildman–Crippen LogP) is 1.96. The maximum absolute atomic E-state index is 11.8. The first kappa shape index (κ1) is 13.5.